The van der Waals surface area contributed by atoms with Crippen molar-refractivity contribution in [1.82, 2.24) is 4.90 Å². The zero-order chi connectivity index (χ0) is 9.26. The standard InChI is InChI=1S/C10H13NS2/c1-2-11-6-8-3-4-10(13-12)5-9(8)7-11/h3-5,12H,2,6-7H2,1H3. The molecule has 0 saturated carbocycles. The summed E-state index contributed by atoms with van der Waals surface area (Å²) in [7, 11) is 1.52. The molecule has 70 valence electrons. The summed E-state index contributed by atoms with van der Waals surface area (Å²) in [6, 6.07) is 6.63. The molecule has 1 nitrogen and oxygen atoms in total. The summed E-state index contributed by atoms with van der Waals surface area (Å²) in [6.07, 6.45) is 0. The van der Waals surface area contributed by atoms with Crippen molar-refractivity contribution in [2.45, 2.75) is 24.9 Å². The van der Waals surface area contributed by atoms with Gasteiger partial charge in [-0.2, -0.15) is 0 Å². The van der Waals surface area contributed by atoms with Crippen molar-refractivity contribution in [2.75, 3.05) is 6.54 Å². The molecule has 0 bridgehead atoms. The number of rotatable bonds is 2. The molecule has 0 saturated heterocycles. The SMILES string of the molecule is CCN1Cc2ccc(SS)cc2C1. The smallest absolute Gasteiger partial charge is 0.0240 e. The highest BCUT2D eigenvalue weighted by atomic mass is 33.1. The number of thiol groups is 1. The molecule has 0 fully saturated rings. The lowest BCUT2D eigenvalue weighted by Crippen LogP contribution is -2.14. The molecule has 1 heterocycles. The summed E-state index contributed by atoms with van der Waals surface area (Å²) in [5, 5.41) is 0. The fourth-order valence-electron chi connectivity index (χ4n) is 1.72. The lowest BCUT2D eigenvalue weighted by molar-refractivity contribution is 0.301. The Bertz CT molecular complexity index is 312. The van der Waals surface area contributed by atoms with Crippen LogP contribution in [0.15, 0.2) is 23.1 Å². The van der Waals surface area contributed by atoms with E-state index in [-0.39, 0.29) is 0 Å². The Kier molecular flexibility index (Phi) is 2.86. The van der Waals surface area contributed by atoms with Crippen molar-refractivity contribution in [3.63, 3.8) is 0 Å². The fourth-order valence-corrected chi connectivity index (χ4v) is 2.39. The molecular weight excluding hydrogens is 198 g/mol. The molecule has 0 radical (unpaired) electrons. The second-order valence-electron chi connectivity index (χ2n) is 3.33. The molecule has 0 spiro atoms. The highest BCUT2D eigenvalue weighted by molar-refractivity contribution is 8.68. The first kappa shape index (κ1) is 9.44. The third-order valence-electron chi connectivity index (χ3n) is 2.52. The zero-order valence-corrected chi connectivity index (χ0v) is 9.37. The maximum atomic E-state index is 4.20. The van der Waals surface area contributed by atoms with Gasteiger partial charge < -0.3 is 0 Å². The molecule has 2 rings (SSSR count). The van der Waals surface area contributed by atoms with Crippen LogP contribution in [0.4, 0.5) is 0 Å². The molecule has 0 aromatic heterocycles. The van der Waals surface area contributed by atoms with E-state index in [1.54, 1.807) is 0 Å². The predicted octanol–water partition coefficient (Wildman–Crippen LogP) is 2.96. The van der Waals surface area contributed by atoms with Gasteiger partial charge in [-0.1, -0.05) is 23.8 Å². The van der Waals surface area contributed by atoms with Gasteiger partial charge in [0.05, 0.1) is 0 Å². The minimum absolute atomic E-state index is 1.11. The maximum absolute atomic E-state index is 4.20. The highest BCUT2D eigenvalue weighted by Gasteiger charge is 2.16. The van der Waals surface area contributed by atoms with Gasteiger partial charge in [-0.3, -0.25) is 4.90 Å². The molecule has 0 aliphatic carbocycles. The summed E-state index contributed by atoms with van der Waals surface area (Å²) in [5.41, 5.74) is 2.95. The Morgan fingerprint density at radius 2 is 2.15 bits per heavy atom. The van der Waals surface area contributed by atoms with Gasteiger partial charge in [-0.15, -0.1) is 11.7 Å². The summed E-state index contributed by atoms with van der Waals surface area (Å²) >= 11 is 4.20. The second-order valence-corrected chi connectivity index (χ2v) is 4.53. The first-order valence-electron chi connectivity index (χ1n) is 4.49. The molecule has 0 unspecified atom stereocenters. The molecule has 1 aliphatic rings. The van der Waals surface area contributed by atoms with Gasteiger partial charge in [0.25, 0.3) is 0 Å². The summed E-state index contributed by atoms with van der Waals surface area (Å²) < 4.78 is 0. The molecule has 0 amide bonds. The Hall–Kier alpha value is -0.120. The van der Waals surface area contributed by atoms with Crippen molar-refractivity contribution in [3.8, 4) is 0 Å². The molecule has 0 N–H and O–H groups in total. The highest BCUT2D eigenvalue weighted by Crippen LogP contribution is 2.28. The average Bonchev–Trinajstić information content (AvgIpc) is 2.58. The minimum atomic E-state index is 1.11. The predicted molar refractivity (Wildman–Crippen MR) is 61.1 cm³/mol. The van der Waals surface area contributed by atoms with Gasteiger partial charge in [-0.25, -0.2) is 0 Å². The van der Waals surface area contributed by atoms with E-state index in [1.165, 1.54) is 26.8 Å². The van der Waals surface area contributed by atoms with E-state index in [2.05, 4.69) is 41.7 Å². The van der Waals surface area contributed by atoms with Crippen molar-refractivity contribution in [3.05, 3.63) is 29.3 Å². The number of nitrogens with zero attached hydrogens (tertiary/aromatic N) is 1. The van der Waals surface area contributed by atoms with E-state index in [0.29, 0.717) is 0 Å². The molecule has 1 aliphatic heterocycles. The fraction of sp³-hybridized carbons (Fsp3) is 0.400. The van der Waals surface area contributed by atoms with Crippen LogP contribution in [-0.4, -0.2) is 11.4 Å². The van der Waals surface area contributed by atoms with E-state index in [1.807, 2.05) is 0 Å². The third-order valence-corrected chi connectivity index (χ3v) is 3.62. The molecular formula is C10H13NS2. The van der Waals surface area contributed by atoms with E-state index < -0.39 is 0 Å². The normalized spacial score (nSPS) is 16.2. The first-order chi connectivity index (χ1) is 6.33. The Balaban J connectivity index is 2.25. The molecule has 1 aromatic carbocycles. The van der Waals surface area contributed by atoms with Crippen molar-refractivity contribution >= 4 is 22.5 Å². The van der Waals surface area contributed by atoms with Crippen LogP contribution in [0.25, 0.3) is 0 Å². The van der Waals surface area contributed by atoms with Crippen molar-refractivity contribution in [1.29, 1.82) is 0 Å². The van der Waals surface area contributed by atoms with Crippen LogP contribution < -0.4 is 0 Å². The number of hydrogen-bond donors (Lipinski definition) is 1. The monoisotopic (exact) mass is 211 g/mol. The van der Waals surface area contributed by atoms with Crippen LogP contribution in [0.1, 0.15) is 18.1 Å². The van der Waals surface area contributed by atoms with Crippen LogP contribution in [-0.2, 0) is 13.1 Å². The van der Waals surface area contributed by atoms with E-state index in [9.17, 15) is 0 Å². The topological polar surface area (TPSA) is 3.24 Å². The average molecular weight is 211 g/mol. The van der Waals surface area contributed by atoms with Gasteiger partial charge in [0, 0.05) is 18.0 Å². The van der Waals surface area contributed by atoms with Gasteiger partial charge >= 0.3 is 0 Å². The lowest BCUT2D eigenvalue weighted by atomic mass is 10.1. The molecule has 0 atom stereocenters. The number of benzene rings is 1. The largest absolute Gasteiger partial charge is 0.295 e. The van der Waals surface area contributed by atoms with Crippen LogP contribution in [0, 0.1) is 0 Å². The zero-order valence-electron chi connectivity index (χ0n) is 7.66. The molecule has 13 heavy (non-hydrogen) atoms. The van der Waals surface area contributed by atoms with Gasteiger partial charge in [-0.05, 0) is 29.8 Å². The van der Waals surface area contributed by atoms with Crippen LogP contribution in [0.3, 0.4) is 0 Å². The van der Waals surface area contributed by atoms with Crippen molar-refractivity contribution < 1.29 is 0 Å². The molecule has 3 heteroatoms. The minimum Gasteiger partial charge on any atom is -0.295 e. The number of hydrogen-bond acceptors (Lipinski definition) is 3. The quantitative estimate of drug-likeness (QED) is 0.592. The van der Waals surface area contributed by atoms with Crippen molar-refractivity contribution in [2.24, 2.45) is 0 Å². The number of fused-ring (bicyclic) bond motifs is 1. The summed E-state index contributed by atoms with van der Waals surface area (Å²) in [4.78, 5) is 3.69. The lowest BCUT2D eigenvalue weighted by Gasteiger charge is -2.09. The summed E-state index contributed by atoms with van der Waals surface area (Å²) in [5.74, 6) is 0. The Morgan fingerprint density at radius 3 is 2.85 bits per heavy atom. The van der Waals surface area contributed by atoms with E-state index >= 15 is 0 Å². The van der Waals surface area contributed by atoms with E-state index in [4.69, 9.17) is 0 Å². The third kappa shape index (κ3) is 1.87. The van der Waals surface area contributed by atoms with Crippen LogP contribution in [0.5, 0.6) is 0 Å². The van der Waals surface area contributed by atoms with Gasteiger partial charge in [0.1, 0.15) is 0 Å². The first-order valence-corrected chi connectivity index (χ1v) is 6.36. The van der Waals surface area contributed by atoms with Crippen LogP contribution >= 0.6 is 22.5 Å². The maximum Gasteiger partial charge on any atom is 0.0240 e. The molecule has 1 aromatic rings. The Labute approximate surface area is 88.3 Å². The van der Waals surface area contributed by atoms with E-state index in [0.717, 1.165) is 19.6 Å². The Morgan fingerprint density at radius 1 is 1.38 bits per heavy atom. The second kappa shape index (κ2) is 3.95. The summed E-state index contributed by atoms with van der Waals surface area (Å²) in [6.45, 7) is 5.57. The van der Waals surface area contributed by atoms with Gasteiger partial charge in [0.15, 0.2) is 0 Å². The van der Waals surface area contributed by atoms with Crippen LogP contribution in [0.2, 0.25) is 0 Å². The van der Waals surface area contributed by atoms with Gasteiger partial charge in [0.2, 0.25) is 0 Å².